The zero-order valence-electron chi connectivity index (χ0n) is 10.1. The van der Waals surface area contributed by atoms with Crippen molar-refractivity contribution in [3.63, 3.8) is 0 Å². The fraction of sp³-hybridized carbons (Fsp3) is 0.818. The third-order valence-corrected chi connectivity index (χ3v) is 3.30. The summed E-state index contributed by atoms with van der Waals surface area (Å²) in [6.07, 6.45) is 0.603. The van der Waals surface area contributed by atoms with Crippen LogP contribution in [0.1, 0.15) is 27.2 Å². The molecule has 2 atom stereocenters. The molecule has 0 radical (unpaired) electrons. The molecule has 1 aliphatic heterocycles. The van der Waals surface area contributed by atoms with Crippen LogP contribution in [0.15, 0.2) is 0 Å². The molecule has 16 heavy (non-hydrogen) atoms. The van der Waals surface area contributed by atoms with Crippen molar-refractivity contribution in [3.05, 3.63) is 0 Å². The molecule has 0 bridgehead atoms. The zero-order chi connectivity index (χ0) is 12.3. The summed E-state index contributed by atoms with van der Waals surface area (Å²) in [6.45, 7) is 7.14. The van der Waals surface area contributed by atoms with Gasteiger partial charge in [0.1, 0.15) is 0 Å². The maximum atomic E-state index is 11.6. The molecule has 0 aromatic rings. The molecule has 0 aromatic carbocycles. The molecular formula is C11H20N2O3. The van der Waals surface area contributed by atoms with Crippen molar-refractivity contribution in [1.82, 2.24) is 10.2 Å². The molecule has 1 rings (SSSR count). The molecule has 1 heterocycles. The van der Waals surface area contributed by atoms with Crippen LogP contribution in [0.25, 0.3) is 0 Å². The topological polar surface area (TPSA) is 69.6 Å². The molecule has 1 amide bonds. The van der Waals surface area contributed by atoms with Crippen LogP contribution in [-0.4, -0.2) is 47.6 Å². The number of rotatable bonds is 4. The molecule has 0 spiro atoms. The SMILES string of the molecule is CCNC(=O)C(C)N1CCC(C)(C(=O)O)C1. The lowest BCUT2D eigenvalue weighted by atomic mass is 9.90. The van der Waals surface area contributed by atoms with Crippen molar-refractivity contribution >= 4 is 11.9 Å². The van der Waals surface area contributed by atoms with Gasteiger partial charge in [-0.1, -0.05) is 0 Å². The van der Waals surface area contributed by atoms with Gasteiger partial charge in [0, 0.05) is 19.6 Å². The van der Waals surface area contributed by atoms with Gasteiger partial charge in [-0.05, 0) is 27.2 Å². The fourth-order valence-electron chi connectivity index (χ4n) is 1.99. The van der Waals surface area contributed by atoms with E-state index >= 15 is 0 Å². The minimum absolute atomic E-state index is 0.0304. The lowest BCUT2D eigenvalue weighted by molar-refractivity contribution is -0.147. The van der Waals surface area contributed by atoms with Gasteiger partial charge in [-0.3, -0.25) is 14.5 Å². The highest BCUT2D eigenvalue weighted by Crippen LogP contribution is 2.31. The molecule has 0 saturated carbocycles. The second-order valence-corrected chi connectivity index (χ2v) is 4.66. The Hall–Kier alpha value is -1.10. The standard InChI is InChI=1S/C11H20N2O3/c1-4-12-9(14)8(2)13-6-5-11(3,7-13)10(15)16/h8H,4-7H2,1-3H3,(H,12,14)(H,15,16). The summed E-state index contributed by atoms with van der Waals surface area (Å²) in [5.41, 5.74) is -0.708. The van der Waals surface area contributed by atoms with Crippen LogP contribution >= 0.6 is 0 Å². The molecule has 92 valence electrons. The number of likely N-dealkylation sites (N-methyl/N-ethyl adjacent to an activating group) is 1. The number of carboxylic acid groups (broad SMARTS) is 1. The van der Waals surface area contributed by atoms with Crippen molar-refractivity contribution in [2.75, 3.05) is 19.6 Å². The number of aliphatic carboxylic acids is 1. The van der Waals surface area contributed by atoms with Gasteiger partial charge in [0.25, 0.3) is 0 Å². The molecule has 2 unspecified atom stereocenters. The molecule has 0 aromatic heterocycles. The molecule has 1 saturated heterocycles. The van der Waals surface area contributed by atoms with Crippen LogP contribution in [0.2, 0.25) is 0 Å². The fourth-order valence-corrected chi connectivity index (χ4v) is 1.99. The summed E-state index contributed by atoms with van der Waals surface area (Å²) in [5.74, 6) is -0.810. The van der Waals surface area contributed by atoms with Crippen LogP contribution < -0.4 is 5.32 Å². The summed E-state index contributed by atoms with van der Waals surface area (Å²) in [4.78, 5) is 24.6. The summed E-state index contributed by atoms with van der Waals surface area (Å²) < 4.78 is 0. The van der Waals surface area contributed by atoms with Crippen molar-refractivity contribution in [3.8, 4) is 0 Å². The average Bonchev–Trinajstić information content (AvgIpc) is 2.61. The highest BCUT2D eigenvalue weighted by atomic mass is 16.4. The van der Waals surface area contributed by atoms with Gasteiger partial charge < -0.3 is 10.4 Å². The number of nitrogens with one attached hydrogen (secondary N) is 1. The van der Waals surface area contributed by atoms with Gasteiger partial charge in [-0.2, -0.15) is 0 Å². The number of carboxylic acids is 1. The Morgan fingerprint density at radius 3 is 2.62 bits per heavy atom. The number of hydrogen-bond donors (Lipinski definition) is 2. The minimum atomic E-state index is -0.780. The van der Waals surface area contributed by atoms with E-state index < -0.39 is 11.4 Å². The van der Waals surface area contributed by atoms with Crippen LogP contribution in [0.3, 0.4) is 0 Å². The predicted molar refractivity (Wildman–Crippen MR) is 60.1 cm³/mol. The van der Waals surface area contributed by atoms with Crippen LogP contribution in [0.4, 0.5) is 0 Å². The summed E-state index contributed by atoms with van der Waals surface area (Å²) in [5, 5.41) is 11.8. The molecule has 2 N–H and O–H groups in total. The number of carbonyl (C=O) groups is 2. The van der Waals surface area contributed by atoms with Crippen LogP contribution in [0.5, 0.6) is 0 Å². The number of hydrogen-bond acceptors (Lipinski definition) is 3. The maximum absolute atomic E-state index is 11.6. The minimum Gasteiger partial charge on any atom is -0.481 e. The van der Waals surface area contributed by atoms with E-state index in [-0.39, 0.29) is 11.9 Å². The molecule has 1 aliphatic rings. The third kappa shape index (κ3) is 2.52. The van der Waals surface area contributed by atoms with Crippen molar-refractivity contribution in [2.24, 2.45) is 5.41 Å². The number of likely N-dealkylation sites (tertiary alicyclic amines) is 1. The van der Waals surface area contributed by atoms with E-state index in [0.29, 0.717) is 26.1 Å². The normalized spacial score (nSPS) is 27.7. The molecule has 1 fully saturated rings. The van der Waals surface area contributed by atoms with E-state index in [1.54, 1.807) is 6.92 Å². The van der Waals surface area contributed by atoms with Crippen molar-refractivity contribution in [2.45, 2.75) is 33.2 Å². The third-order valence-electron chi connectivity index (χ3n) is 3.30. The van der Waals surface area contributed by atoms with Gasteiger partial charge in [0.15, 0.2) is 0 Å². The Kier molecular flexibility index (Phi) is 3.91. The Morgan fingerprint density at radius 1 is 1.56 bits per heavy atom. The van der Waals surface area contributed by atoms with Crippen LogP contribution in [0, 0.1) is 5.41 Å². The van der Waals surface area contributed by atoms with E-state index in [1.807, 2.05) is 18.7 Å². The van der Waals surface area contributed by atoms with E-state index in [1.165, 1.54) is 0 Å². The smallest absolute Gasteiger partial charge is 0.310 e. The van der Waals surface area contributed by atoms with Gasteiger partial charge in [-0.15, -0.1) is 0 Å². The monoisotopic (exact) mass is 228 g/mol. The van der Waals surface area contributed by atoms with E-state index in [2.05, 4.69) is 5.32 Å². The summed E-state index contributed by atoms with van der Waals surface area (Å²) in [6, 6.07) is -0.249. The predicted octanol–water partition coefficient (Wildman–Crippen LogP) is 0.308. The van der Waals surface area contributed by atoms with E-state index in [0.717, 1.165) is 0 Å². The zero-order valence-corrected chi connectivity index (χ0v) is 10.1. The highest BCUT2D eigenvalue weighted by molar-refractivity contribution is 5.81. The second kappa shape index (κ2) is 4.82. The van der Waals surface area contributed by atoms with Gasteiger partial charge in [0.2, 0.25) is 5.91 Å². The molecule has 5 heteroatoms. The first-order chi connectivity index (χ1) is 7.40. The second-order valence-electron chi connectivity index (χ2n) is 4.66. The Morgan fingerprint density at radius 2 is 2.19 bits per heavy atom. The van der Waals surface area contributed by atoms with Crippen molar-refractivity contribution in [1.29, 1.82) is 0 Å². The number of carbonyl (C=O) groups excluding carboxylic acids is 1. The molecule has 0 aliphatic carbocycles. The van der Waals surface area contributed by atoms with Crippen molar-refractivity contribution < 1.29 is 14.7 Å². The Labute approximate surface area is 95.8 Å². The summed E-state index contributed by atoms with van der Waals surface area (Å²) in [7, 11) is 0. The largest absolute Gasteiger partial charge is 0.481 e. The highest BCUT2D eigenvalue weighted by Gasteiger charge is 2.42. The first kappa shape index (κ1) is 13.0. The lowest BCUT2D eigenvalue weighted by Gasteiger charge is -2.25. The number of nitrogens with zero attached hydrogens (tertiary/aromatic N) is 1. The van der Waals surface area contributed by atoms with Gasteiger partial charge >= 0.3 is 5.97 Å². The summed E-state index contributed by atoms with van der Waals surface area (Å²) >= 11 is 0. The van der Waals surface area contributed by atoms with Gasteiger partial charge in [-0.25, -0.2) is 0 Å². The quantitative estimate of drug-likeness (QED) is 0.726. The number of amides is 1. The first-order valence-electron chi connectivity index (χ1n) is 5.66. The maximum Gasteiger partial charge on any atom is 0.310 e. The average molecular weight is 228 g/mol. The first-order valence-corrected chi connectivity index (χ1v) is 5.66. The molecular weight excluding hydrogens is 208 g/mol. The Balaban J connectivity index is 2.59. The molecule has 5 nitrogen and oxygen atoms in total. The Bertz CT molecular complexity index is 293. The van der Waals surface area contributed by atoms with E-state index in [4.69, 9.17) is 5.11 Å². The lowest BCUT2D eigenvalue weighted by Crippen LogP contribution is -2.45. The van der Waals surface area contributed by atoms with Crippen LogP contribution in [-0.2, 0) is 9.59 Å². The van der Waals surface area contributed by atoms with Gasteiger partial charge in [0.05, 0.1) is 11.5 Å². The van der Waals surface area contributed by atoms with E-state index in [9.17, 15) is 9.59 Å².